The molecule has 1 aliphatic carbocycles. The zero-order chi connectivity index (χ0) is 40.4. The molecule has 2 N–H and O–H groups in total. The van der Waals surface area contributed by atoms with Gasteiger partial charge in [-0.2, -0.15) is 0 Å². The topological polar surface area (TPSA) is 126 Å². The van der Waals surface area contributed by atoms with E-state index in [1.807, 2.05) is 36.4 Å². The van der Waals surface area contributed by atoms with Crippen molar-refractivity contribution in [3.8, 4) is 28.6 Å². The molecular formula is C44H43ClFN7O4S. The van der Waals surface area contributed by atoms with Gasteiger partial charge in [-0.25, -0.2) is 23.6 Å². The molecule has 1 atom stereocenters. The maximum absolute atomic E-state index is 14.9. The molecule has 1 unspecified atom stereocenters. The molecule has 2 aliphatic rings. The lowest BCUT2D eigenvalue weighted by Crippen LogP contribution is -2.47. The third kappa shape index (κ3) is 8.76. The number of allylic oxidation sites excluding steroid dienone is 1. The highest BCUT2D eigenvalue weighted by atomic mass is 35.5. The van der Waals surface area contributed by atoms with E-state index in [4.69, 9.17) is 21.1 Å². The number of rotatable bonds is 11. The maximum Gasteiger partial charge on any atom is 0.281 e. The molecule has 4 aromatic heterocycles. The Balaban J connectivity index is 1.01. The molecule has 0 saturated carbocycles. The summed E-state index contributed by atoms with van der Waals surface area (Å²) in [7, 11) is -0.634. The van der Waals surface area contributed by atoms with Crippen LogP contribution in [0.15, 0.2) is 108 Å². The Kier molecular flexibility index (Phi) is 11.3. The van der Waals surface area contributed by atoms with Crippen LogP contribution in [0.5, 0.6) is 17.4 Å². The summed E-state index contributed by atoms with van der Waals surface area (Å²) in [5.41, 5.74) is 6.22. The van der Waals surface area contributed by atoms with Crippen molar-refractivity contribution < 1.29 is 22.9 Å². The highest BCUT2D eigenvalue weighted by Crippen LogP contribution is 2.43. The van der Waals surface area contributed by atoms with Crippen molar-refractivity contribution in [1.29, 1.82) is 0 Å². The average molecular weight is 820 g/mol. The molecule has 1 aliphatic heterocycles. The number of piperazine rings is 1. The van der Waals surface area contributed by atoms with Gasteiger partial charge >= 0.3 is 0 Å². The van der Waals surface area contributed by atoms with Crippen LogP contribution in [0.2, 0.25) is 5.02 Å². The second kappa shape index (κ2) is 16.7. The summed E-state index contributed by atoms with van der Waals surface area (Å²) in [6.07, 6.45) is 8.11. The first kappa shape index (κ1) is 39.2. The fourth-order valence-electron chi connectivity index (χ4n) is 7.56. The number of carbonyl (C=O) groups is 1. The van der Waals surface area contributed by atoms with E-state index >= 15 is 0 Å². The second-order valence-electron chi connectivity index (χ2n) is 15.3. The molecule has 58 heavy (non-hydrogen) atoms. The Bertz CT molecular complexity index is 2540. The highest BCUT2D eigenvalue weighted by Gasteiger charge is 2.30. The molecule has 1 fully saturated rings. The molecule has 14 heteroatoms. The lowest BCUT2D eigenvalue weighted by molar-refractivity contribution is 0.0978. The molecule has 0 radical (unpaired) electrons. The monoisotopic (exact) mass is 819 g/mol. The summed E-state index contributed by atoms with van der Waals surface area (Å²) < 4.78 is 42.9. The van der Waals surface area contributed by atoms with Gasteiger partial charge in [-0.3, -0.25) is 14.4 Å². The summed E-state index contributed by atoms with van der Waals surface area (Å²) in [4.78, 5) is 34.4. The van der Waals surface area contributed by atoms with E-state index < -0.39 is 22.7 Å². The number of H-pyrrole nitrogens is 1. The van der Waals surface area contributed by atoms with Crippen LogP contribution in [-0.4, -0.2) is 74.8 Å². The third-order valence-corrected chi connectivity index (χ3v) is 12.1. The third-order valence-electron chi connectivity index (χ3n) is 10.7. The van der Waals surface area contributed by atoms with E-state index in [9.17, 15) is 13.4 Å². The van der Waals surface area contributed by atoms with Gasteiger partial charge in [-0.05, 0) is 90.4 Å². The van der Waals surface area contributed by atoms with E-state index in [-0.39, 0.29) is 27.6 Å². The Morgan fingerprint density at radius 3 is 2.59 bits per heavy atom. The largest absolute Gasteiger partial charge is 0.481 e. The smallest absolute Gasteiger partial charge is 0.281 e. The number of aromatic nitrogens is 4. The molecule has 11 nitrogen and oxygen atoms in total. The van der Waals surface area contributed by atoms with Gasteiger partial charge < -0.3 is 19.4 Å². The van der Waals surface area contributed by atoms with Crippen LogP contribution in [0.1, 0.15) is 49.2 Å². The van der Waals surface area contributed by atoms with E-state index in [1.54, 1.807) is 24.5 Å². The number of hydrogen-bond acceptors (Lipinski definition) is 9. The number of pyridine rings is 3. The Labute approximate surface area is 343 Å². The first-order chi connectivity index (χ1) is 28.0. The second-order valence-corrected chi connectivity index (χ2v) is 16.9. The number of hydrogen-bond donors (Lipinski definition) is 2. The minimum atomic E-state index is -2.08. The summed E-state index contributed by atoms with van der Waals surface area (Å²) in [5.74, 6) is -0.378. The van der Waals surface area contributed by atoms with Crippen molar-refractivity contribution in [1.82, 2.24) is 29.6 Å². The predicted octanol–water partition coefficient (Wildman–Crippen LogP) is 8.85. The van der Waals surface area contributed by atoms with Gasteiger partial charge in [0, 0.05) is 78.9 Å². The SMILES string of the molecule is COc1cc(-c2nc(C(=O)NS(=O)c3ccc(N4CCN(CC5=C(c6ccc(Cl)cc6)CC(C)(C)CC5)CC4)cc3Oc3cnc4[nH]ccc4c3)ccc2F)ccn1. The number of carbonyl (C=O) groups excluding carboxylic acids is 1. The van der Waals surface area contributed by atoms with E-state index in [0.29, 0.717) is 22.7 Å². The number of ether oxygens (including phenoxy) is 2. The van der Waals surface area contributed by atoms with Crippen LogP contribution in [0, 0.1) is 11.2 Å². The lowest BCUT2D eigenvalue weighted by Gasteiger charge is -2.39. The number of halogens is 2. The molecule has 1 amide bonds. The molecule has 5 heterocycles. The molecule has 0 bridgehead atoms. The molecule has 0 spiro atoms. The fraction of sp³-hybridized carbons (Fsp3) is 0.273. The first-order valence-corrected chi connectivity index (χ1v) is 20.6. The van der Waals surface area contributed by atoms with Gasteiger partial charge in [0.25, 0.3) is 5.91 Å². The summed E-state index contributed by atoms with van der Waals surface area (Å²) in [6.45, 7) is 8.92. The van der Waals surface area contributed by atoms with Crippen LogP contribution < -0.4 is 19.1 Å². The number of fused-ring (bicyclic) bond motifs is 1. The van der Waals surface area contributed by atoms with Crippen LogP contribution in [-0.2, 0) is 11.0 Å². The van der Waals surface area contributed by atoms with Crippen molar-refractivity contribution in [3.63, 3.8) is 0 Å². The van der Waals surface area contributed by atoms with Crippen LogP contribution >= 0.6 is 11.6 Å². The number of methoxy groups -OCH3 is 1. The molecule has 298 valence electrons. The van der Waals surface area contributed by atoms with Crippen molar-refractivity contribution in [3.05, 3.63) is 125 Å². The highest BCUT2D eigenvalue weighted by molar-refractivity contribution is 7.83. The molecular weight excluding hydrogens is 777 g/mol. The average Bonchev–Trinajstić information content (AvgIpc) is 3.70. The number of anilines is 1. The zero-order valence-electron chi connectivity index (χ0n) is 32.4. The zero-order valence-corrected chi connectivity index (χ0v) is 34.0. The summed E-state index contributed by atoms with van der Waals surface area (Å²) in [6, 6.07) is 22.9. The van der Waals surface area contributed by atoms with Crippen molar-refractivity contribution >= 4 is 50.8 Å². The van der Waals surface area contributed by atoms with Crippen LogP contribution in [0.3, 0.4) is 0 Å². The number of amides is 1. The minimum Gasteiger partial charge on any atom is -0.481 e. The summed E-state index contributed by atoms with van der Waals surface area (Å²) >= 11 is 6.24. The predicted molar refractivity (Wildman–Crippen MR) is 225 cm³/mol. The van der Waals surface area contributed by atoms with E-state index in [2.05, 4.69) is 60.4 Å². The van der Waals surface area contributed by atoms with E-state index in [0.717, 1.165) is 74.1 Å². The van der Waals surface area contributed by atoms with Crippen molar-refractivity contribution in [2.75, 3.05) is 44.7 Å². The number of aromatic amines is 1. The Morgan fingerprint density at radius 1 is 0.983 bits per heavy atom. The summed E-state index contributed by atoms with van der Waals surface area (Å²) in [5, 5.41) is 1.59. The lowest BCUT2D eigenvalue weighted by atomic mass is 9.72. The Hall–Kier alpha value is -5.63. The van der Waals surface area contributed by atoms with Gasteiger partial charge in [-0.15, -0.1) is 0 Å². The number of benzene rings is 2. The minimum absolute atomic E-state index is 0.0679. The Morgan fingerprint density at radius 2 is 1.79 bits per heavy atom. The van der Waals surface area contributed by atoms with Gasteiger partial charge in [0.1, 0.15) is 39.2 Å². The van der Waals surface area contributed by atoms with Gasteiger partial charge in [0.05, 0.1) is 13.3 Å². The van der Waals surface area contributed by atoms with Gasteiger partial charge in [0.15, 0.2) is 11.0 Å². The number of nitrogens with zero attached hydrogens (tertiary/aromatic N) is 5. The van der Waals surface area contributed by atoms with Gasteiger partial charge in [0.2, 0.25) is 5.88 Å². The number of nitrogens with one attached hydrogen (secondary N) is 2. The normalized spacial score (nSPS) is 16.3. The van der Waals surface area contributed by atoms with Gasteiger partial charge in [-0.1, -0.05) is 43.2 Å². The maximum atomic E-state index is 14.9. The molecule has 8 rings (SSSR count). The van der Waals surface area contributed by atoms with Crippen LogP contribution in [0.4, 0.5) is 10.1 Å². The molecule has 1 saturated heterocycles. The molecule has 6 aromatic rings. The van der Waals surface area contributed by atoms with E-state index in [1.165, 1.54) is 42.1 Å². The first-order valence-electron chi connectivity index (χ1n) is 19.1. The quantitative estimate of drug-likeness (QED) is 0.132. The van der Waals surface area contributed by atoms with Crippen molar-refractivity contribution in [2.45, 2.75) is 38.0 Å². The fourth-order valence-corrected chi connectivity index (χ4v) is 8.54. The van der Waals surface area contributed by atoms with Crippen molar-refractivity contribution in [2.24, 2.45) is 5.41 Å². The van der Waals surface area contributed by atoms with Crippen LogP contribution in [0.25, 0.3) is 27.9 Å². The molecule has 2 aromatic carbocycles. The standard InChI is InChI=1S/C44H43ClFN7O4S/c1-44(2)15-12-31(35(25-44)28-4-6-32(45)7-5-28)27-52-18-20-53(21-19-52)33-8-11-39(38(24-33)57-34-22-30-14-17-48-42(30)49-26-34)58(55)51-43(54)37-10-9-36(46)41(50-37)29-13-16-47-40(23-29)56-3/h4-11,13-14,16-17,22-24,26H,12,15,18-21,25,27H2,1-3H3,(H,48,49)(H,51,54).